The van der Waals surface area contributed by atoms with Crippen molar-refractivity contribution in [3.63, 3.8) is 0 Å². The predicted octanol–water partition coefficient (Wildman–Crippen LogP) is 4.48. The topological polar surface area (TPSA) is 89.1 Å². The SMILES string of the molecule is COc1cc(-c2cc3cnc(NC(=O)/C(C)=C/CC[C@@H]4CCCO4)cc3[nH]2)ccn1. The molecule has 0 unspecified atom stereocenters. The van der Waals surface area contributed by atoms with Crippen molar-refractivity contribution in [3.8, 4) is 17.1 Å². The van der Waals surface area contributed by atoms with Crippen LogP contribution in [0.1, 0.15) is 32.6 Å². The molecule has 3 aromatic rings. The van der Waals surface area contributed by atoms with Gasteiger partial charge in [-0.1, -0.05) is 6.08 Å². The lowest BCUT2D eigenvalue weighted by Gasteiger charge is -2.08. The first-order valence-corrected chi connectivity index (χ1v) is 10.2. The van der Waals surface area contributed by atoms with E-state index in [9.17, 15) is 4.79 Å². The Hall–Kier alpha value is -3.19. The fraction of sp³-hybridized carbons (Fsp3) is 0.348. The van der Waals surface area contributed by atoms with Gasteiger partial charge in [-0.2, -0.15) is 0 Å². The third kappa shape index (κ3) is 4.68. The number of ether oxygens (including phenoxy) is 2. The number of aromatic amines is 1. The number of carbonyl (C=O) groups excluding carboxylic acids is 1. The molecule has 0 saturated carbocycles. The van der Waals surface area contributed by atoms with Crippen LogP contribution in [-0.4, -0.2) is 40.7 Å². The summed E-state index contributed by atoms with van der Waals surface area (Å²) in [5.41, 5.74) is 3.48. The van der Waals surface area contributed by atoms with Gasteiger partial charge in [-0.15, -0.1) is 0 Å². The van der Waals surface area contributed by atoms with E-state index in [2.05, 4.69) is 20.3 Å². The molecule has 4 heterocycles. The number of aromatic nitrogens is 3. The Morgan fingerprint density at radius 1 is 1.37 bits per heavy atom. The number of hydrogen-bond donors (Lipinski definition) is 2. The fourth-order valence-electron chi connectivity index (χ4n) is 3.60. The second kappa shape index (κ2) is 9.09. The molecule has 1 saturated heterocycles. The number of nitrogens with zero attached hydrogens (tertiary/aromatic N) is 2. The molecule has 4 rings (SSSR count). The van der Waals surface area contributed by atoms with Gasteiger partial charge in [0.2, 0.25) is 5.88 Å². The first kappa shape index (κ1) is 20.1. The molecule has 7 heteroatoms. The first-order valence-electron chi connectivity index (χ1n) is 10.2. The normalized spacial score (nSPS) is 16.7. The van der Waals surface area contributed by atoms with E-state index in [1.165, 1.54) is 0 Å². The average molecular weight is 406 g/mol. The minimum absolute atomic E-state index is 0.139. The standard InChI is InChI=1S/C23H26N4O3/c1-15(5-3-6-18-7-4-10-30-18)23(28)27-21-13-20-17(14-25-21)11-19(26-20)16-8-9-24-22(12-16)29-2/h5,8-9,11-14,18,26H,3-4,6-7,10H2,1-2H3,(H,25,27,28)/b15-5+/t18-/m1/s1. The molecule has 3 aromatic heterocycles. The second-order valence-corrected chi connectivity index (χ2v) is 7.48. The maximum atomic E-state index is 12.5. The molecule has 0 aliphatic carbocycles. The number of pyridine rings is 2. The molecule has 2 N–H and O–H groups in total. The number of hydrogen-bond acceptors (Lipinski definition) is 5. The van der Waals surface area contributed by atoms with E-state index in [4.69, 9.17) is 9.47 Å². The van der Waals surface area contributed by atoms with Crippen LogP contribution in [0.15, 0.2) is 48.3 Å². The summed E-state index contributed by atoms with van der Waals surface area (Å²) in [6.07, 6.45) is 9.82. The van der Waals surface area contributed by atoms with Crippen molar-refractivity contribution in [3.05, 3.63) is 48.3 Å². The van der Waals surface area contributed by atoms with E-state index in [-0.39, 0.29) is 5.91 Å². The number of anilines is 1. The Morgan fingerprint density at radius 3 is 3.07 bits per heavy atom. The Morgan fingerprint density at radius 2 is 2.27 bits per heavy atom. The van der Waals surface area contributed by atoms with Crippen LogP contribution in [0.25, 0.3) is 22.2 Å². The molecule has 0 radical (unpaired) electrons. The molecule has 0 aromatic carbocycles. The Bertz CT molecular complexity index is 1070. The lowest BCUT2D eigenvalue weighted by atomic mass is 10.1. The molecule has 1 aliphatic rings. The zero-order chi connectivity index (χ0) is 20.9. The lowest BCUT2D eigenvalue weighted by Crippen LogP contribution is -2.13. The van der Waals surface area contributed by atoms with Gasteiger partial charge in [-0.05, 0) is 44.7 Å². The highest BCUT2D eigenvalue weighted by atomic mass is 16.5. The van der Waals surface area contributed by atoms with Gasteiger partial charge in [-0.3, -0.25) is 4.79 Å². The molecule has 156 valence electrons. The van der Waals surface area contributed by atoms with Crippen LogP contribution in [-0.2, 0) is 9.53 Å². The molecule has 30 heavy (non-hydrogen) atoms. The van der Waals surface area contributed by atoms with Crippen molar-refractivity contribution in [1.82, 2.24) is 15.0 Å². The maximum absolute atomic E-state index is 12.5. The van der Waals surface area contributed by atoms with Crippen LogP contribution in [0.4, 0.5) is 5.82 Å². The lowest BCUT2D eigenvalue weighted by molar-refractivity contribution is -0.112. The van der Waals surface area contributed by atoms with Gasteiger partial charge in [-0.25, -0.2) is 9.97 Å². The van der Waals surface area contributed by atoms with E-state index < -0.39 is 0 Å². The summed E-state index contributed by atoms with van der Waals surface area (Å²) in [6, 6.07) is 7.63. The average Bonchev–Trinajstić information content (AvgIpc) is 3.43. The molecule has 0 spiro atoms. The van der Waals surface area contributed by atoms with Gasteiger partial charge in [0.1, 0.15) is 5.82 Å². The molecular formula is C23H26N4O3. The number of amides is 1. The monoisotopic (exact) mass is 406 g/mol. The summed E-state index contributed by atoms with van der Waals surface area (Å²) >= 11 is 0. The first-order chi connectivity index (χ1) is 14.6. The van der Waals surface area contributed by atoms with Crippen molar-refractivity contribution in [2.24, 2.45) is 0 Å². The molecule has 1 atom stereocenters. The minimum atomic E-state index is -0.139. The number of fused-ring (bicyclic) bond motifs is 1. The van der Waals surface area contributed by atoms with Crippen molar-refractivity contribution in [2.45, 2.75) is 38.7 Å². The molecule has 1 aliphatic heterocycles. The van der Waals surface area contributed by atoms with Crippen LogP contribution in [0, 0.1) is 0 Å². The Balaban J connectivity index is 1.43. The third-order valence-electron chi connectivity index (χ3n) is 5.32. The van der Waals surface area contributed by atoms with Crippen LogP contribution >= 0.6 is 0 Å². The van der Waals surface area contributed by atoms with Gasteiger partial charge in [0.05, 0.1) is 18.7 Å². The van der Waals surface area contributed by atoms with Crippen LogP contribution in [0.2, 0.25) is 0 Å². The molecule has 0 bridgehead atoms. The summed E-state index contributed by atoms with van der Waals surface area (Å²) < 4.78 is 10.8. The van der Waals surface area contributed by atoms with E-state index in [0.717, 1.165) is 54.5 Å². The molecule has 7 nitrogen and oxygen atoms in total. The highest BCUT2D eigenvalue weighted by Crippen LogP contribution is 2.26. The zero-order valence-corrected chi connectivity index (χ0v) is 17.3. The summed E-state index contributed by atoms with van der Waals surface area (Å²) in [5, 5.41) is 3.84. The van der Waals surface area contributed by atoms with Crippen LogP contribution in [0.3, 0.4) is 0 Å². The molecule has 1 amide bonds. The van der Waals surface area contributed by atoms with Gasteiger partial charge in [0.15, 0.2) is 0 Å². The van der Waals surface area contributed by atoms with E-state index in [1.54, 1.807) is 19.5 Å². The number of allylic oxidation sites excluding steroid dienone is 1. The number of H-pyrrole nitrogens is 1. The summed E-state index contributed by atoms with van der Waals surface area (Å²) in [4.78, 5) is 24.4. The van der Waals surface area contributed by atoms with Crippen molar-refractivity contribution in [1.29, 1.82) is 0 Å². The van der Waals surface area contributed by atoms with Crippen LogP contribution < -0.4 is 10.1 Å². The number of rotatable bonds is 7. The van der Waals surface area contributed by atoms with E-state index in [0.29, 0.717) is 23.4 Å². The number of methoxy groups -OCH3 is 1. The maximum Gasteiger partial charge on any atom is 0.252 e. The fourth-order valence-corrected chi connectivity index (χ4v) is 3.60. The summed E-state index contributed by atoms with van der Waals surface area (Å²) in [6.45, 7) is 2.68. The summed E-state index contributed by atoms with van der Waals surface area (Å²) in [7, 11) is 1.59. The number of carbonyl (C=O) groups is 1. The molecule has 1 fully saturated rings. The predicted molar refractivity (Wildman–Crippen MR) is 116 cm³/mol. The molecular weight excluding hydrogens is 380 g/mol. The van der Waals surface area contributed by atoms with Gasteiger partial charge < -0.3 is 19.8 Å². The Kier molecular flexibility index (Phi) is 6.09. The largest absolute Gasteiger partial charge is 0.481 e. The second-order valence-electron chi connectivity index (χ2n) is 7.48. The highest BCUT2D eigenvalue weighted by Gasteiger charge is 2.14. The quantitative estimate of drug-likeness (QED) is 0.565. The smallest absolute Gasteiger partial charge is 0.252 e. The van der Waals surface area contributed by atoms with Crippen molar-refractivity contribution < 1.29 is 14.3 Å². The van der Waals surface area contributed by atoms with Gasteiger partial charge in [0.25, 0.3) is 5.91 Å². The minimum Gasteiger partial charge on any atom is -0.481 e. The van der Waals surface area contributed by atoms with Gasteiger partial charge >= 0.3 is 0 Å². The van der Waals surface area contributed by atoms with Crippen LogP contribution in [0.5, 0.6) is 5.88 Å². The third-order valence-corrected chi connectivity index (χ3v) is 5.32. The van der Waals surface area contributed by atoms with Gasteiger partial charge in [0, 0.05) is 53.4 Å². The van der Waals surface area contributed by atoms with E-state index in [1.807, 2.05) is 37.3 Å². The summed E-state index contributed by atoms with van der Waals surface area (Å²) in [5.74, 6) is 0.930. The van der Waals surface area contributed by atoms with Crippen molar-refractivity contribution in [2.75, 3.05) is 19.0 Å². The Labute approximate surface area is 175 Å². The highest BCUT2D eigenvalue weighted by molar-refractivity contribution is 6.03. The number of nitrogens with one attached hydrogen (secondary N) is 2. The van der Waals surface area contributed by atoms with E-state index >= 15 is 0 Å². The zero-order valence-electron chi connectivity index (χ0n) is 17.3. The van der Waals surface area contributed by atoms with Crippen molar-refractivity contribution >= 4 is 22.6 Å².